The first-order valence-corrected chi connectivity index (χ1v) is 5.07. The Morgan fingerprint density at radius 1 is 1.33 bits per heavy atom. The molecule has 1 aromatic rings. The van der Waals surface area contributed by atoms with Crippen LogP contribution in [0.4, 0.5) is 0 Å². The summed E-state index contributed by atoms with van der Waals surface area (Å²) in [5.41, 5.74) is 8.01. The Morgan fingerprint density at radius 3 is 2.60 bits per heavy atom. The summed E-state index contributed by atoms with van der Waals surface area (Å²) in [4.78, 5) is 0. The second-order valence-corrected chi connectivity index (χ2v) is 3.76. The first-order chi connectivity index (χ1) is 7.17. The molecular formula is C12H19NO2. The Labute approximate surface area is 91.2 Å². The third-order valence-corrected chi connectivity index (χ3v) is 2.21. The predicted molar refractivity (Wildman–Crippen MR) is 61.1 cm³/mol. The van der Waals surface area contributed by atoms with Gasteiger partial charge in [-0.3, -0.25) is 0 Å². The molecule has 1 rings (SSSR count). The molecule has 1 atom stereocenters. The van der Waals surface area contributed by atoms with Gasteiger partial charge in [-0.1, -0.05) is 12.1 Å². The first-order valence-electron chi connectivity index (χ1n) is 5.07. The van der Waals surface area contributed by atoms with E-state index in [4.69, 9.17) is 15.2 Å². The maximum absolute atomic E-state index is 5.75. The van der Waals surface area contributed by atoms with Crippen LogP contribution in [-0.2, 0) is 17.8 Å². The van der Waals surface area contributed by atoms with E-state index in [0.717, 1.165) is 17.7 Å². The number of methoxy groups -OCH3 is 2. The lowest BCUT2D eigenvalue weighted by molar-refractivity contribution is 0.181. The fourth-order valence-corrected chi connectivity index (χ4v) is 1.56. The van der Waals surface area contributed by atoms with Crippen molar-refractivity contribution in [3.63, 3.8) is 0 Å². The van der Waals surface area contributed by atoms with Gasteiger partial charge in [0.25, 0.3) is 0 Å². The second kappa shape index (κ2) is 5.73. The predicted octanol–water partition coefficient (Wildman–Crippen LogP) is 1.73. The van der Waals surface area contributed by atoms with Crippen LogP contribution >= 0.6 is 0 Å². The molecule has 15 heavy (non-hydrogen) atoms. The van der Waals surface area contributed by atoms with Crippen molar-refractivity contribution in [2.24, 2.45) is 5.73 Å². The summed E-state index contributed by atoms with van der Waals surface area (Å²) in [6, 6.07) is 6.29. The van der Waals surface area contributed by atoms with E-state index in [1.807, 2.05) is 19.1 Å². The third-order valence-electron chi connectivity index (χ3n) is 2.21. The maximum atomic E-state index is 5.75. The number of nitrogens with two attached hydrogens (primary N) is 1. The lowest BCUT2D eigenvalue weighted by Crippen LogP contribution is -2.17. The minimum Gasteiger partial charge on any atom is -0.496 e. The minimum atomic E-state index is 0.169. The lowest BCUT2D eigenvalue weighted by Gasteiger charge is -2.11. The molecule has 0 aliphatic carbocycles. The fourth-order valence-electron chi connectivity index (χ4n) is 1.56. The molecule has 0 saturated heterocycles. The summed E-state index contributed by atoms with van der Waals surface area (Å²) in [5.74, 6) is 0.870. The van der Waals surface area contributed by atoms with Crippen LogP contribution in [-0.4, -0.2) is 20.3 Å². The van der Waals surface area contributed by atoms with Gasteiger partial charge in [0.05, 0.1) is 13.7 Å². The summed E-state index contributed by atoms with van der Waals surface area (Å²) in [5, 5.41) is 0. The quantitative estimate of drug-likeness (QED) is 0.803. The molecule has 0 heterocycles. The van der Waals surface area contributed by atoms with Gasteiger partial charge in [0.15, 0.2) is 0 Å². The highest BCUT2D eigenvalue weighted by Gasteiger charge is 2.05. The highest BCUT2D eigenvalue weighted by molar-refractivity contribution is 5.37. The third kappa shape index (κ3) is 3.53. The van der Waals surface area contributed by atoms with Gasteiger partial charge in [-0.2, -0.15) is 0 Å². The van der Waals surface area contributed by atoms with Gasteiger partial charge >= 0.3 is 0 Å². The molecule has 0 aliphatic heterocycles. The van der Waals surface area contributed by atoms with Gasteiger partial charge in [0.2, 0.25) is 0 Å². The number of hydrogen-bond acceptors (Lipinski definition) is 3. The Balaban J connectivity index is 2.86. The van der Waals surface area contributed by atoms with Crippen LogP contribution in [0.15, 0.2) is 18.2 Å². The fraction of sp³-hybridized carbons (Fsp3) is 0.500. The minimum absolute atomic E-state index is 0.169. The van der Waals surface area contributed by atoms with Crippen LogP contribution in [0.5, 0.6) is 5.75 Å². The molecular weight excluding hydrogens is 190 g/mol. The van der Waals surface area contributed by atoms with Gasteiger partial charge < -0.3 is 15.2 Å². The maximum Gasteiger partial charge on any atom is 0.124 e. The zero-order valence-electron chi connectivity index (χ0n) is 9.62. The molecule has 0 saturated carbocycles. The molecule has 0 bridgehead atoms. The van der Waals surface area contributed by atoms with E-state index < -0.39 is 0 Å². The van der Waals surface area contributed by atoms with E-state index in [1.54, 1.807) is 14.2 Å². The van der Waals surface area contributed by atoms with E-state index in [9.17, 15) is 0 Å². The zero-order valence-corrected chi connectivity index (χ0v) is 9.62. The van der Waals surface area contributed by atoms with E-state index in [1.165, 1.54) is 5.56 Å². The SMILES string of the molecule is COCc1ccc(CC(C)N)cc1OC. The molecule has 1 aromatic carbocycles. The molecule has 84 valence electrons. The van der Waals surface area contributed by atoms with Crippen LogP contribution in [0.2, 0.25) is 0 Å². The molecule has 0 fully saturated rings. The van der Waals surface area contributed by atoms with Crippen LogP contribution in [0.1, 0.15) is 18.1 Å². The van der Waals surface area contributed by atoms with E-state index in [2.05, 4.69) is 6.07 Å². The lowest BCUT2D eigenvalue weighted by atomic mass is 10.0. The number of hydrogen-bond donors (Lipinski definition) is 1. The largest absolute Gasteiger partial charge is 0.496 e. The highest BCUT2D eigenvalue weighted by atomic mass is 16.5. The smallest absolute Gasteiger partial charge is 0.124 e. The van der Waals surface area contributed by atoms with Gasteiger partial charge in [-0.05, 0) is 25.0 Å². The summed E-state index contributed by atoms with van der Waals surface area (Å²) in [6.07, 6.45) is 0.865. The highest BCUT2D eigenvalue weighted by Crippen LogP contribution is 2.21. The summed E-state index contributed by atoms with van der Waals surface area (Å²) >= 11 is 0. The molecule has 0 spiro atoms. The molecule has 2 N–H and O–H groups in total. The van der Waals surface area contributed by atoms with Gasteiger partial charge in [-0.25, -0.2) is 0 Å². The van der Waals surface area contributed by atoms with Crippen molar-refractivity contribution >= 4 is 0 Å². The summed E-state index contributed by atoms with van der Waals surface area (Å²) in [6.45, 7) is 2.57. The van der Waals surface area contributed by atoms with Crippen molar-refractivity contribution in [1.29, 1.82) is 0 Å². The number of benzene rings is 1. The van der Waals surface area contributed by atoms with Crippen molar-refractivity contribution in [3.05, 3.63) is 29.3 Å². The average molecular weight is 209 g/mol. The number of ether oxygens (including phenoxy) is 2. The molecule has 1 unspecified atom stereocenters. The Morgan fingerprint density at radius 2 is 2.07 bits per heavy atom. The number of rotatable bonds is 5. The Kier molecular flexibility index (Phi) is 4.59. The normalized spacial score (nSPS) is 12.5. The average Bonchev–Trinajstić information content (AvgIpc) is 2.20. The standard InChI is InChI=1S/C12H19NO2/c1-9(13)6-10-4-5-11(8-14-2)12(7-10)15-3/h4-5,7,9H,6,8,13H2,1-3H3. The van der Waals surface area contributed by atoms with Crippen LogP contribution in [0, 0.1) is 0 Å². The van der Waals surface area contributed by atoms with Gasteiger partial charge in [0.1, 0.15) is 5.75 Å². The Hall–Kier alpha value is -1.06. The molecule has 0 aromatic heterocycles. The van der Waals surface area contributed by atoms with Crippen molar-refractivity contribution in [1.82, 2.24) is 0 Å². The van der Waals surface area contributed by atoms with Gasteiger partial charge in [-0.15, -0.1) is 0 Å². The van der Waals surface area contributed by atoms with E-state index >= 15 is 0 Å². The zero-order chi connectivity index (χ0) is 11.3. The molecule has 3 nitrogen and oxygen atoms in total. The topological polar surface area (TPSA) is 44.5 Å². The molecule has 0 amide bonds. The van der Waals surface area contributed by atoms with Gasteiger partial charge in [0, 0.05) is 18.7 Å². The molecule has 0 aliphatic rings. The van der Waals surface area contributed by atoms with Crippen molar-refractivity contribution in [2.75, 3.05) is 14.2 Å². The van der Waals surface area contributed by atoms with Crippen LogP contribution < -0.4 is 10.5 Å². The summed E-state index contributed by atoms with van der Waals surface area (Å²) in [7, 11) is 3.35. The van der Waals surface area contributed by atoms with Crippen LogP contribution in [0.25, 0.3) is 0 Å². The molecule has 0 radical (unpaired) electrons. The van der Waals surface area contributed by atoms with E-state index in [0.29, 0.717) is 6.61 Å². The van der Waals surface area contributed by atoms with Crippen molar-refractivity contribution in [3.8, 4) is 5.75 Å². The first kappa shape index (κ1) is 12.0. The van der Waals surface area contributed by atoms with Crippen molar-refractivity contribution in [2.45, 2.75) is 26.0 Å². The summed E-state index contributed by atoms with van der Waals surface area (Å²) < 4.78 is 10.4. The van der Waals surface area contributed by atoms with Crippen LogP contribution in [0.3, 0.4) is 0 Å². The monoisotopic (exact) mass is 209 g/mol. The second-order valence-electron chi connectivity index (χ2n) is 3.76. The van der Waals surface area contributed by atoms with Crippen molar-refractivity contribution < 1.29 is 9.47 Å². The Bertz CT molecular complexity index is 310. The van der Waals surface area contributed by atoms with E-state index in [-0.39, 0.29) is 6.04 Å². The molecule has 3 heteroatoms.